The molecule has 24 heavy (non-hydrogen) atoms. The first-order chi connectivity index (χ1) is 11.1. The van der Waals surface area contributed by atoms with Gasteiger partial charge in [0.25, 0.3) is 0 Å². The van der Waals surface area contributed by atoms with Crippen molar-refractivity contribution in [2.75, 3.05) is 19.1 Å². The van der Waals surface area contributed by atoms with Crippen molar-refractivity contribution >= 4 is 44.8 Å². The molecule has 1 amide bonds. The molecule has 0 aliphatic heterocycles. The van der Waals surface area contributed by atoms with E-state index in [0.29, 0.717) is 17.5 Å². The molecule has 1 unspecified atom stereocenters. The normalized spacial score (nSPS) is 13.6. The molecular formula is C15H27NO6SSe. The molecule has 0 fully saturated rings. The predicted molar refractivity (Wildman–Crippen MR) is 94.5 cm³/mol. The quantitative estimate of drug-likeness (QED) is 0.341. The van der Waals surface area contributed by atoms with Crippen LogP contribution in [0.1, 0.15) is 27.2 Å². The summed E-state index contributed by atoms with van der Waals surface area (Å²) in [6, 6.07) is -0.871. The number of amides is 1. The molecule has 9 heteroatoms. The second-order valence-electron chi connectivity index (χ2n) is 5.88. The third-order valence-corrected chi connectivity index (χ3v) is 4.61. The van der Waals surface area contributed by atoms with Crippen LogP contribution >= 0.6 is 11.8 Å². The first-order valence-corrected chi connectivity index (χ1v) is 11.7. The van der Waals surface area contributed by atoms with E-state index in [1.807, 2.05) is 12.1 Å². The molecule has 0 heterocycles. The van der Waals surface area contributed by atoms with E-state index in [9.17, 15) is 14.4 Å². The predicted octanol–water partition coefficient (Wildman–Crippen LogP) is 1.89. The van der Waals surface area contributed by atoms with Gasteiger partial charge in [-0.15, -0.1) is 0 Å². The third-order valence-electron chi connectivity index (χ3n) is 2.63. The second kappa shape index (κ2) is 11.6. The van der Waals surface area contributed by atoms with Gasteiger partial charge in [-0.2, -0.15) is 0 Å². The molecule has 0 aliphatic carbocycles. The van der Waals surface area contributed by atoms with E-state index in [1.165, 1.54) is 18.9 Å². The minimum atomic E-state index is -0.940. The Hall–Kier alpha value is -0.921. The van der Waals surface area contributed by atoms with Gasteiger partial charge in [-0.3, -0.25) is 0 Å². The van der Waals surface area contributed by atoms with Crippen molar-refractivity contribution in [2.45, 2.75) is 56.1 Å². The number of hydrogen-bond acceptors (Lipinski definition) is 7. The van der Waals surface area contributed by atoms with Crippen LogP contribution < -0.4 is 5.32 Å². The van der Waals surface area contributed by atoms with Crippen LogP contribution in [0.5, 0.6) is 0 Å². The van der Waals surface area contributed by atoms with E-state index in [0.717, 1.165) is 0 Å². The maximum absolute atomic E-state index is 12.4. The van der Waals surface area contributed by atoms with Crippen molar-refractivity contribution in [1.29, 1.82) is 0 Å². The summed E-state index contributed by atoms with van der Waals surface area (Å²) in [5.41, 5.74) is -0.669. The molecule has 0 aromatic rings. The van der Waals surface area contributed by atoms with Crippen LogP contribution in [0, 0.1) is 0 Å². The number of esters is 2. The van der Waals surface area contributed by atoms with E-state index in [-0.39, 0.29) is 15.0 Å². The Kier molecular flexibility index (Phi) is 11.2. The average Bonchev–Trinajstić information content (AvgIpc) is 2.48. The van der Waals surface area contributed by atoms with Gasteiger partial charge in [0.15, 0.2) is 0 Å². The summed E-state index contributed by atoms with van der Waals surface area (Å²) in [6.45, 7) is 5.20. The van der Waals surface area contributed by atoms with Crippen molar-refractivity contribution in [3.05, 3.63) is 0 Å². The van der Waals surface area contributed by atoms with Crippen LogP contribution in [0.15, 0.2) is 0 Å². The van der Waals surface area contributed by atoms with Crippen molar-refractivity contribution in [2.24, 2.45) is 0 Å². The summed E-state index contributed by atoms with van der Waals surface area (Å²) >= 11 is 1.67. The van der Waals surface area contributed by atoms with E-state index < -0.39 is 35.8 Å². The Morgan fingerprint density at radius 3 is 2.29 bits per heavy atom. The molecule has 0 aromatic heterocycles. The van der Waals surface area contributed by atoms with E-state index >= 15 is 0 Å². The number of hydrogen-bond donors (Lipinski definition) is 1. The Labute approximate surface area is 154 Å². The number of carbonyl (C=O) groups is 3. The molecule has 0 radical (unpaired) electrons. The molecule has 0 saturated carbocycles. The van der Waals surface area contributed by atoms with Crippen molar-refractivity contribution in [3.63, 3.8) is 0 Å². The summed E-state index contributed by atoms with van der Waals surface area (Å²) in [5, 5.41) is 2.94. The van der Waals surface area contributed by atoms with Crippen molar-refractivity contribution in [1.82, 2.24) is 5.32 Å². The minimum absolute atomic E-state index is 0.131. The van der Waals surface area contributed by atoms with Crippen molar-refractivity contribution < 1.29 is 28.6 Å². The Morgan fingerprint density at radius 2 is 1.83 bits per heavy atom. The summed E-state index contributed by atoms with van der Waals surface area (Å²) < 4.78 is 15.1. The van der Waals surface area contributed by atoms with E-state index in [1.54, 1.807) is 20.8 Å². The van der Waals surface area contributed by atoms with Gasteiger partial charge in [-0.25, -0.2) is 0 Å². The van der Waals surface area contributed by atoms with Crippen LogP contribution in [-0.2, 0) is 23.8 Å². The van der Waals surface area contributed by atoms with Gasteiger partial charge in [-0.05, 0) is 0 Å². The fraction of sp³-hybridized carbons (Fsp3) is 0.800. The van der Waals surface area contributed by atoms with Crippen LogP contribution in [-0.4, -0.2) is 69.9 Å². The third kappa shape index (κ3) is 10.1. The Balaban J connectivity index is 4.91. The van der Waals surface area contributed by atoms with Crippen molar-refractivity contribution in [3.8, 4) is 0 Å². The van der Waals surface area contributed by atoms with E-state index in [4.69, 9.17) is 9.47 Å². The monoisotopic (exact) mass is 429 g/mol. The first kappa shape index (κ1) is 23.1. The summed E-state index contributed by atoms with van der Waals surface area (Å²) in [6.07, 6.45) is 0.640. The number of carbonyl (C=O) groups excluding carboxylic acids is 3. The molecule has 0 aliphatic rings. The number of thioether (sulfide) groups is 1. The number of nitrogens with one attached hydrogen (secondary N) is 1. The zero-order chi connectivity index (χ0) is 18.8. The Bertz CT molecular complexity index is 427. The summed E-state index contributed by atoms with van der Waals surface area (Å²) in [7, 11) is 1.25. The topological polar surface area (TPSA) is 90.9 Å². The SMILES string of the molecule is COC(=O)C(C[Se]C)OC(=O)[C@H](CCSC)NC(=O)OC(C)(C)C. The number of methoxy groups -OCH3 is 1. The fourth-order valence-corrected chi connectivity index (χ4v) is 3.12. The van der Waals surface area contributed by atoms with Gasteiger partial charge in [0, 0.05) is 0 Å². The molecule has 7 nitrogen and oxygen atoms in total. The van der Waals surface area contributed by atoms with Crippen LogP contribution in [0.2, 0.25) is 11.1 Å². The fourth-order valence-electron chi connectivity index (χ4n) is 1.59. The molecule has 2 atom stereocenters. The molecule has 0 aromatic carbocycles. The Morgan fingerprint density at radius 1 is 1.21 bits per heavy atom. The van der Waals surface area contributed by atoms with Gasteiger partial charge in [0.1, 0.15) is 0 Å². The van der Waals surface area contributed by atoms with Gasteiger partial charge >= 0.3 is 154 Å². The molecule has 0 spiro atoms. The molecule has 0 bridgehead atoms. The summed E-state index contributed by atoms with van der Waals surface area (Å²) in [5.74, 6) is 1.33. The first-order valence-electron chi connectivity index (χ1n) is 7.40. The van der Waals surface area contributed by atoms with Gasteiger partial charge in [-0.1, -0.05) is 0 Å². The van der Waals surface area contributed by atoms with Crippen LogP contribution in [0.25, 0.3) is 0 Å². The summed E-state index contributed by atoms with van der Waals surface area (Å²) in [4.78, 5) is 35.9. The molecular weight excluding hydrogens is 401 g/mol. The van der Waals surface area contributed by atoms with Crippen LogP contribution in [0.4, 0.5) is 4.79 Å². The van der Waals surface area contributed by atoms with Gasteiger partial charge < -0.3 is 0 Å². The number of ether oxygens (including phenoxy) is 3. The molecule has 1 N–H and O–H groups in total. The van der Waals surface area contributed by atoms with E-state index in [2.05, 4.69) is 10.1 Å². The zero-order valence-electron chi connectivity index (χ0n) is 15.0. The number of alkyl carbamates (subject to hydrolysis) is 1. The maximum atomic E-state index is 12.4. The molecule has 0 saturated heterocycles. The van der Waals surface area contributed by atoms with Gasteiger partial charge in [0.2, 0.25) is 0 Å². The molecule has 0 rings (SSSR count). The zero-order valence-corrected chi connectivity index (χ0v) is 17.6. The average molecular weight is 428 g/mol. The molecule has 140 valence electrons. The van der Waals surface area contributed by atoms with Gasteiger partial charge in [0.05, 0.1) is 0 Å². The van der Waals surface area contributed by atoms with Crippen LogP contribution in [0.3, 0.4) is 0 Å². The standard InChI is InChI=1S/C15H27NO6SSe/c1-15(2,3)22-14(19)16-10(7-8-23-5)12(17)21-11(9-24-6)13(18)20-4/h10-11H,7-9H2,1-6H3,(H,16,19)/t10-,11?/m0/s1. The second-order valence-corrected chi connectivity index (χ2v) is 8.78. The number of rotatable bonds is 9.